The monoisotopic (exact) mass is 424 g/mol. The van der Waals surface area contributed by atoms with Crippen LogP contribution in [0.3, 0.4) is 0 Å². The molecule has 0 aromatic heterocycles. The summed E-state index contributed by atoms with van der Waals surface area (Å²) in [6.45, 7) is 2.33. The Morgan fingerprint density at radius 2 is 1.42 bits per heavy atom. The van der Waals surface area contributed by atoms with Crippen molar-refractivity contribution in [3.05, 3.63) is 47.5 Å². The molecule has 0 saturated heterocycles. The lowest BCUT2D eigenvalue weighted by molar-refractivity contribution is 0.0712. The maximum absolute atomic E-state index is 14.1. The smallest absolute Gasteiger partial charge is 0.166 e. The molecule has 0 radical (unpaired) electrons. The van der Waals surface area contributed by atoms with Crippen molar-refractivity contribution in [1.82, 2.24) is 0 Å². The fourth-order valence-electron chi connectivity index (χ4n) is 7.55. The van der Waals surface area contributed by atoms with Crippen LogP contribution in [-0.2, 0) is 0 Å². The highest BCUT2D eigenvalue weighted by Gasteiger charge is 2.39. The Hall–Kier alpha value is -1.44. The van der Waals surface area contributed by atoms with Crippen molar-refractivity contribution >= 4 is 10.8 Å². The fraction of sp³-hybridized carbons (Fsp3) is 0.655. The van der Waals surface area contributed by atoms with Gasteiger partial charge in [-0.3, -0.25) is 0 Å². The van der Waals surface area contributed by atoms with E-state index in [-0.39, 0.29) is 0 Å². The second-order valence-electron chi connectivity index (χ2n) is 11.0. The third-order valence-electron chi connectivity index (χ3n) is 9.31. The Morgan fingerprint density at radius 1 is 0.742 bits per heavy atom. The van der Waals surface area contributed by atoms with E-state index in [2.05, 4.69) is 19.1 Å². The number of rotatable bonds is 4. The Balaban J connectivity index is 1.20. The first-order valence-electron chi connectivity index (χ1n) is 13.0. The number of benzene rings is 2. The highest BCUT2D eigenvalue weighted by molar-refractivity contribution is 5.84. The molecule has 31 heavy (non-hydrogen) atoms. The summed E-state index contributed by atoms with van der Waals surface area (Å²) in [6, 6.07) is 8.94. The SMILES string of the molecule is CCC[C@H]1CC[C@H](C2CCC3CC(c4ccc5c(F)c(F)ccc5c4)CCC3C2)CC1. The third kappa shape index (κ3) is 4.41. The first-order chi connectivity index (χ1) is 15.1. The zero-order valence-corrected chi connectivity index (χ0v) is 19.1. The summed E-state index contributed by atoms with van der Waals surface area (Å²) in [4.78, 5) is 0. The molecule has 0 N–H and O–H groups in total. The highest BCUT2D eigenvalue weighted by Crippen LogP contribution is 2.51. The first kappa shape index (κ1) is 21.4. The molecule has 3 aliphatic carbocycles. The minimum atomic E-state index is -0.753. The highest BCUT2D eigenvalue weighted by atomic mass is 19.2. The van der Waals surface area contributed by atoms with Crippen LogP contribution in [0.15, 0.2) is 30.3 Å². The van der Waals surface area contributed by atoms with Crippen LogP contribution in [0.1, 0.15) is 95.5 Å². The molecular formula is C29H38F2. The van der Waals surface area contributed by atoms with Gasteiger partial charge >= 0.3 is 0 Å². The van der Waals surface area contributed by atoms with Gasteiger partial charge in [-0.2, -0.15) is 0 Å². The van der Waals surface area contributed by atoms with Gasteiger partial charge in [-0.1, -0.05) is 56.9 Å². The molecule has 4 unspecified atom stereocenters. The quantitative estimate of drug-likeness (QED) is 0.459. The summed E-state index contributed by atoms with van der Waals surface area (Å²) in [7, 11) is 0. The van der Waals surface area contributed by atoms with Gasteiger partial charge < -0.3 is 0 Å². The van der Waals surface area contributed by atoms with Crippen molar-refractivity contribution in [2.24, 2.45) is 29.6 Å². The van der Waals surface area contributed by atoms with Crippen molar-refractivity contribution in [3.8, 4) is 0 Å². The normalized spacial score (nSPS) is 33.9. The third-order valence-corrected chi connectivity index (χ3v) is 9.31. The van der Waals surface area contributed by atoms with Gasteiger partial charge in [0.1, 0.15) is 0 Å². The van der Waals surface area contributed by atoms with Crippen molar-refractivity contribution in [2.45, 2.75) is 89.9 Å². The van der Waals surface area contributed by atoms with Gasteiger partial charge in [0.2, 0.25) is 0 Å². The van der Waals surface area contributed by atoms with Crippen LogP contribution in [0, 0.1) is 41.2 Å². The Labute approximate surface area is 186 Å². The number of hydrogen-bond donors (Lipinski definition) is 0. The molecule has 3 aliphatic rings. The first-order valence-corrected chi connectivity index (χ1v) is 13.0. The summed E-state index contributed by atoms with van der Waals surface area (Å²) in [5.41, 5.74) is 1.33. The van der Waals surface area contributed by atoms with E-state index < -0.39 is 11.6 Å². The lowest BCUT2D eigenvalue weighted by atomic mass is 9.60. The van der Waals surface area contributed by atoms with E-state index in [0.717, 1.165) is 35.0 Å². The van der Waals surface area contributed by atoms with E-state index in [9.17, 15) is 8.78 Å². The molecule has 2 aromatic carbocycles. The number of halogens is 2. The van der Waals surface area contributed by atoms with Gasteiger partial charge in [-0.25, -0.2) is 8.78 Å². The molecule has 0 bridgehead atoms. The van der Waals surface area contributed by atoms with E-state index >= 15 is 0 Å². The molecule has 0 spiro atoms. The molecule has 0 nitrogen and oxygen atoms in total. The van der Waals surface area contributed by atoms with Crippen LogP contribution in [0.5, 0.6) is 0 Å². The second kappa shape index (κ2) is 9.20. The molecule has 5 rings (SSSR count). The van der Waals surface area contributed by atoms with E-state index in [0.29, 0.717) is 11.3 Å². The van der Waals surface area contributed by atoms with Gasteiger partial charge in [-0.15, -0.1) is 0 Å². The van der Waals surface area contributed by atoms with Gasteiger partial charge in [-0.05, 0) is 104 Å². The van der Waals surface area contributed by atoms with Crippen LogP contribution in [0.4, 0.5) is 8.78 Å². The standard InChI is InChI=1S/C29H38F2/c1-2-3-19-4-6-20(7-5-19)21-8-9-23-17-24(11-10-22(23)16-21)25-12-14-27-26(18-25)13-15-28(30)29(27)31/h12-15,18-24H,2-11,16-17H2,1H3/t19-,20-,21?,22?,23?,24?. The predicted molar refractivity (Wildman–Crippen MR) is 125 cm³/mol. The average Bonchev–Trinajstić information content (AvgIpc) is 2.81. The lowest BCUT2D eigenvalue weighted by Gasteiger charge is -2.45. The van der Waals surface area contributed by atoms with Crippen molar-refractivity contribution < 1.29 is 8.78 Å². The van der Waals surface area contributed by atoms with Gasteiger partial charge in [0.15, 0.2) is 11.6 Å². The molecule has 0 aliphatic heterocycles. The minimum Gasteiger partial charge on any atom is -0.204 e. The van der Waals surface area contributed by atoms with Crippen molar-refractivity contribution in [1.29, 1.82) is 0 Å². The molecule has 168 valence electrons. The van der Waals surface area contributed by atoms with E-state index in [4.69, 9.17) is 0 Å². The molecule has 2 aromatic rings. The van der Waals surface area contributed by atoms with Crippen LogP contribution < -0.4 is 0 Å². The summed E-state index contributed by atoms with van der Waals surface area (Å²) >= 11 is 0. The fourth-order valence-corrected chi connectivity index (χ4v) is 7.55. The van der Waals surface area contributed by atoms with Gasteiger partial charge in [0, 0.05) is 5.39 Å². The zero-order valence-electron chi connectivity index (χ0n) is 19.1. The zero-order chi connectivity index (χ0) is 21.4. The van der Waals surface area contributed by atoms with Crippen LogP contribution in [-0.4, -0.2) is 0 Å². The minimum absolute atomic E-state index is 0.409. The maximum atomic E-state index is 14.1. The Morgan fingerprint density at radius 3 is 2.19 bits per heavy atom. The molecule has 3 saturated carbocycles. The summed E-state index contributed by atoms with van der Waals surface area (Å²) < 4.78 is 27.6. The molecule has 2 heteroatoms. The Kier molecular flexibility index (Phi) is 6.35. The number of fused-ring (bicyclic) bond motifs is 2. The van der Waals surface area contributed by atoms with Crippen molar-refractivity contribution in [3.63, 3.8) is 0 Å². The summed E-state index contributed by atoms with van der Waals surface area (Å²) in [5, 5.41) is 1.24. The molecular weight excluding hydrogens is 386 g/mol. The Bertz CT molecular complexity index is 895. The average molecular weight is 425 g/mol. The van der Waals surface area contributed by atoms with E-state index in [1.165, 1.54) is 88.7 Å². The summed E-state index contributed by atoms with van der Waals surface area (Å²) in [6.07, 6.45) is 17.0. The maximum Gasteiger partial charge on any atom is 0.166 e. The van der Waals surface area contributed by atoms with Crippen LogP contribution in [0.25, 0.3) is 10.8 Å². The predicted octanol–water partition coefficient (Wildman–Crippen LogP) is 9.02. The lowest BCUT2D eigenvalue weighted by Crippen LogP contribution is -2.34. The van der Waals surface area contributed by atoms with Gasteiger partial charge in [0.05, 0.1) is 0 Å². The molecule has 0 amide bonds. The summed E-state index contributed by atoms with van der Waals surface area (Å²) in [5.74, 6) is 3.91. The van der Waals surface area contributed by atoms with E-state index in [1.54, 1.807) is 12.1 Å². The van der Waals surface area contributed by atoms with Gasteiger partial charge in [0.25, 0.3) is 0 Å². The molecule has 4 atom stereocenters. The van der Waals surface area contributed by atoms with E-state index in [1.807, 2.05) is 0 Å². The molecule has 3 fully saturated rings. The second-order valence-corrected chi connectivity index (χ2v) is 11.0. The van der Waals surface area contributed by atoms with Crippen LogP contribution >= 0.6 is 0 Å². The van der Waals surface area contributed by atoms with Crippen LogP contribution in [0.2, 0.25) is 0 Å². The molecule has 0 heterocycles. The van der Waals surface area contributed by atoms with Crippen molar-refractivity contribution in [2.75, 3.05) is 0 Å². The topological polar surface area (TPSA) is 0 Å². The number of hydrogen-bond acceptors (Lipinski definition) is 0. The largest absolute Gasteiger partial charge is 0.204 e.